The molecule has 0 aromatic heterocycles. The molecule has 3 unspecified atom stereocenters. The number of hydrogen-bond acceptors (Lipinski definition) is 4. The van der Waals surface area contributed by atoms with E-state index in [0.717, 1.165) is 18.4 Å². The van der Waals surface area contributed by atoms with Crippen molar-refractivity contribution in [2.75, 3.05) is 12.8 Å². The van der Waals surface area contributed by atoms with E-state index in [0.29, 0.717) is 6.54 Å². The molecule has 1 aromatic rings. The van der Waals surface area contributed by atoms with Crippen molar-refractivity contribution in [3.05, 3.63) is 29.8 Å². The molecule has 0 radical (unpaired) electrons. The molecule has 0 bridgehead atoms. The summed E-state index contributed by atoms with van der Waals surface area (Å²) in [6, 6.07) is 8.22. The molecule has 1 fully saturated rings. The Morgan fingerprint density at radius 3 is 2.70 bits per heavy atom. The van der Waals surface area contributed by atoms with Gasteiger partial charge in [-0.25, -0.2) is 0 Å². The van der Waals surface area contributed by atoms with Gasteiger partial charge in [0.25, 0.3) is 0 Å². The monoisotopic (exact) mass is 294 g/mol. The maximum atomic E-state index is 12.1. The number of nitrogens with one attached hydrogen (secondary N) is 1. The van der Waals surface area contributed by atoms with Crippen LogP contribution in [0.3, 0.4) is 0 Å². The first-order chi connectivity index (χ1) is 9.63. The standard InChI is InChI=1S/C15H22N2O2S/c1-10(11-3-6-13(20-2)7-4-11)17-15(18)14-8-5-12(9-16)19-14/h3-4,6-7,10,12,14H,5,8-9,16H2,1-2H3,(H,17,18). The van der Waals surface area contributed by atoms with Crippen molar-refractivity contribution >= 4 is 17.7 Å². The average molecular weight is 294 g/mol. The SMILES string of the molecule is CSc1ccc(C(C)NC(=O)C2CCC(CN)O2)cc1. The third-order valence-corrected chi connectivity index (χ3v) is 4.38. The van der Waals surface area contributed by atoms with Gasteiger partial charge >= 0.3 is 0 Å². The summed E-state index contributed by atoms with van der Waals surface area (Å²) in [4.78, 5) is 13.4. The van der Waals surface area contributed by atoms with E-state index in [4.69, 9.17) is 10.5 Å². The van der Waals surface area contributed by atoms with Crippen LogP contribution in [0.25, 0.3) is 0 Å². The first-order valence-corrected chi connectivity index (χ1v) is 8.16. The molecule has 5 heteroatoms. The smallest absolute Gasteiger partial charge is 0.249 e. The van der Waals surface area contributed by atoms with Crippen molar-refractivity contribution in [2.45, 2.75) is 42.9 Å². The molecule has 20 heavy (non-hydrogen) atoms. The van der Waals surface area contributed by atoms with Crippen LogP contribution >= 0.6 is 11.8 Å². The number of carbonyl (C=O) groups excluding carboxylic acids is 1. The van der Waals surface area contributed by atoms with Crippen molar-refractivity contribution in [3.63, 3.8) is 0 Å². The molecule has 0 aliphatic carbocycles. The van der Waals surface area contributed by atoms with Crippen LogP contribution in [0.2, 0.25) is 0 Å². The van der Waals surface area contributed by atoms with E-state index >= 15 is 0 Å². The molecule has 1 aliphatic rings. The lowest BCUT2D eigenvalue weighted by Gasteiger charge is -2.18. The van der Waals surface area contributed by atoms with E-state index in [1.54, 1.807) is 11.8 Å². The molecule has 110 valence electrons. The molecule has 1 aromatic carbocycles. The predicted octanol–water partition coefficient (Wildman–Crippen LogP) is 2.09. The van der Waals surface area contributed by atoms with Gasteiger partial charge in [0.05, 0.1) is 12.1 Å². The summed E-state index contributed by atoms with van der Waals surface area (Å²) in [6.45, 7) is 2.47. The molecule has 1 amide bonds. The second kappa shape index (κ2) is 7.11. The maximum absolute atomic E-state index is 12.1. The van der Waals surface area contributed by atoms with Crippen LogP contribution in [0.4, 0.5) is 0 Å². The van der Waals surface area contributed by atoms with Gasteiger partial charge in [-0.2, -0.15) is 0 Å². The minimum absolute atomic E-state index is 0.0149. The number of ether oxygens (including phenoxy) is 1. The number of nitrogens with two attached hydrogens (primary N) is 1. The highest BCUT2D eigenvalue weighted by Crippen LogP contribution is 2.22. The van der Waals surface area contributed by atoms with Crippen LogP contribution < -0.4 is 11.1 Å². The highest BCUT2D eigenvalue weighted by atomic mass is 32.2. The first kappa shape index (κ1) is 15.4. The number of hydrogen-bond donors (Lipinski definition) is 2. The van der Waals surface area contributed by atoms with Crippen LogP contribution in [0, 0.1) is 0 Å². The van der Waals surface area contributed by atoms with Gasteiger partial charge in [-0.3, -0.25) is 4.79 Å². The molecule has 3 atom stereocenters. The van der Waals surface area contributed by atoms with E-state index in [1.807, 2.05) is 13.2 Å². The zero-order chi connectivity index (χ0) is 14.5. The quantitative estimate of drug-likeness (QED) is 0.816. The van der Waals surface area contributed by atoms with Crippen molar-refractivity contribution in [1.82, 2.24) is 5.32 Å². The fraction of sp³-hybridized carbons (Fsp3) is 0.533. The molecule has 0 saturated carbocycles. The normalized spacial score (nSPS) is 23.6. The lowest BCUT2D eigenvalue weighted by atomic mass is 10.1. The highest BCUT2D eigenvalue weighted by molar-refractivity contribution is 7.98. The molecule has 1 heterocycles. The summed E-state index contributed by atoms with van der Waals surface area (Å²) >= 11 is 1.71. The summed E-state index contributed by atoms with van der Waals surface area (Å²) in [5, 5.41) is 3.01. The minimum atomic E-state index is -0.350. The van der Waals surface area contributed by atoms with Crippen LogP contribution in [0.15, 0.2) is 29.2 Å². The maximum Gasteiger partial charge on any atom is 0.249 e. The molecule has 3 N–H and O–H groups in total. The molecule has 2 rings (SSSR count). The Morgan fingerprint density at radius 1 is 1.45 bits per heavy atom. The first-order valence-electron chi connectivity index (χ1n) is 6.94. The summed E-state index contributed by atoms with van der Waals surface area (Å²) in [5.74, 6) is -0.0395. The highest BCUT2D eigenvalue weighted by Gasteiger charge is 2.30. The molecule has 0 spiro atoms. The number of thioether (sulfide) groups is 1. The van der Waals surface area contributed by atoms with Crippen molar-refractivity contribution in [3.8, 4) is 0 Å². The van der Waals surface area contributed by atoms with Gasteiger partial charge in [-0.15, -0.1) is 11.8 Å². The van der Waals surface area contributed by atoms with Crippen molar-refractivity contribution in [2.24, 2.45) is 5.73 Å². The van der Waals surface area contributed by atoms with Crippen molar-refractivity contribution in [1.29, 1.82) is 0 Å². The number of carbonyl (C=O) groups is 1. The Morgan fingerprint density at radius 2 is 2.15 bits per heavy atom. The zero-order valence-corrected chi connectivity index (χ0v) is 12.8. The molecular weight excluding hydrogens is 272 g/mol. The van der Waals surface area contributed by atoms with Gasteiger partial charge in [0.15, 0.2) is 0 Å². The summed E-state index contributed by atoms with van der Waals surface area (Å²) in [6.07, 6.45) is 3.35. The van der Waals surface area contributed by atoms with Gasteiger partial charge in [0.1, 0.15) is 6.10 Å². The van der Waals surface area contributed by atoms with E-state index < -0.39 is 0 Å². The topological polar surface area (TPSA) is 64.4 Å². The number of amides is 1. The van der Waals surface area contributed by atoms with E-state index in [9.17, 15) is 4.79 Å². The van der Waals surface area contributed by atoms with E-state index in [-0.39, 0.29) is 24.2 Å². The van der Waals surface area contributed by atoms with Gasteiger partial charge in [0, 0.05) is 11.4 Å². The molecular formula is C15H22N2O2S. The number of benzene rings is 1. The summed E-state index contributed by atoms with van der Waals surface area (Å²) in [5.41, 5.74) is 6.66. The van der Waals surface area contributed by atoms with Crippen LogP contribution in [0.1, 0.15) is 31.4 Å². The van der Waals surface area contributed by atoms with E-state index in [1.165, 1.54) is 4.90 Å². The third kappa shape index (κ3) is 3.75. The Kier molecular flexibility index (Phi) is 5.46. The van der Waals surface area contributed by atoms with Gasteiger partial charge < -0.3 is 15.8 Å². The summed E-state index contributed by atoms with van der Waals surface area (Å²) in [7, 11) is 0. The lowest BCUT2D eigenvalue weighted by molar-refractivity contribution is -0.132. The third-order valence-electron chi connectivity index (χ3n) is 3.64. The Labute approximate surface area is 124 Å². The summed E-state index contributed by atoms with van der Waals surface area (Å²) < 4.78 is 5.61. The van der Waals surface area contributed by atoms with E-state index in [2.05, 4.69) is 29.6 Å². The Hall–Kier alpha value is -1.04. The largest absolute Gasteiger partial charge is 0.364 e. The van der Waals surface area contributed by atoms with Crippen LogP contribution in [0.5, 0.6) is 0 Å². The second-order valence-corrected chi connectivity index (χ2v) is 5.94. The second-order valence-electron chi connectivity index (χ2n) is 5.06. The number of rotatable bonds is 5. The lowest BCUT2D eigenvalue weighted by Crippen LogP contribution is -2.36. The van der Waals surface area contributed by atoms with Gasteiger partial charge in [-0.1, -0.05) is 12.1 Å². The molecule has 1 aliphatic heterocycles. The van der Waals surface area contributed by atoms with Crippen molar-refractivity contribution < 1.29 is 9.53 Å². The predicted molar refractivity (Wildman–Crippen MR) is 81.7 cm³/mol. The van der Waals surface area contributed by atoms with Crippen LogP contribution in [-0.2, 0) is 9.53 Å². The van der Waals surface area contributed by atoms with Gasteiger partial charge in [-0.05, 0) is 43.7 Å². The zero-order valence-electron chi connectivity index (χ0n) is 12.0. The van der Waals surface area contributed by atoms with Crippen LogP contribution in [-0.4, -0.2) is 30.9 Å². The molecule has 4 nitrogen and oxygen atoms in total. The fourth-order valence-electron chi connectivity index (χ4n) is 2.35. The minimum Gasteiger partial charge on any atom is -0.364 e. The average Bonchev–Trinajstić information content (AvgIpc) is 2.96. The molecule has 1 saturated heterocycles. The fourth-order valence-corrected chi connectivity index (χ4v) is 2.76. The Balaban J connectivity index is 1.90. The Bertz CT molecular complexity index is 450. The van der Waals surface area contributed by atoms with Gasteiger partial charge in [0.2, 0.25) is 5.91 Å².